The summed E-state index contributed by atoms with van der Waals surface area (Å²) in [6.07, 6.45) is 17.7. The maximum Gasteiger partial charge on any atom is -0.0533 e. The van der Waals surface area contributed by atoms with Crippen LogP contribution in [0.3, 0.4) is 0 Å². The van der Waals surface area contributed by atoms with Crippen LogP contribution >= 0.6 is 0 Å². The predicted molar refractivity (Wildman–Crippen MR) is 104 cm³/mol. The van der Waals surface area contributed by atoms with Gasteiger partial charge in [-0.3, -0.25) is 0 Å². The lowest BCUT2D eigenvalue weighted by molar-refractivity contribution is 0.562. The van der Waals surface area contributed by atoms with Crippen LogP contribution in [0.2, 0.25) is 0 Å². The number of unbranched alkanes of at least 4 members (excludes halogenated alkanes) is 9. The minimum absolute atomic E-state index is 1.37. The molecular formula is C22H38. The van der Waals surface area contributed by atoms with E-state index in [-0.39, 0.29) is 0 Å². The molecule has 0 atom stereocenters. The van der Waals surface area contributed by atoms with E-state index in [0.717, 1.165) is 0 Å². The summed E-state index contributed by atoms with van der Waals surface area (Å²) in [5, 5.41) is 0. The Balaban J connectivity index is 0. The molecule has 0 radical (unpaired) electrons. The molecule has 126 valence electrons. The lowest BCUT2D eigenvalue weighted by atomic mass is 10.1. The number of rotatable bonds is 10. The van der Waals surface area contributed by atoms with E-state index in [2.05, 4.69) is 27.0 Å². The zero-order valence-corrected chi connectivity index (χ0v) is 15.1. The molecule has 0 N–H and O–H groups in total. The SMILES string of the molecule is C=CC=C.CCCCCCCCCCCC.c1ccccc1. The lowest BCUT2D eigenvalue weighted by Gasteiger charge is -1.99. The van der Waals surface area contributed by atoms with Crippen LogP contribution in [0, 0.1) is 0 Å². The minimum atomic E-state index is 1.37. The van der Waals surface area contributed by atoms with Crippen molar-refractivity contribution in [1.29, 1.82) is 0 Å². The Morgan fingerprint density at radius 1 is 0.500 bits per heavy atom. The van der Waals surface area contributed by atoms with Gasteiger partial charge in [-0.15, -0.1) is 0 Å². The molecule has 0 spiro atoms. The second-order valence-electron chi connectivity index (χ2n) is 5.45. The van der Waals surface area contributed by atoms with Gasteiger partial charge in [0.1, 0.15) is 0 Å². The summed E-state index contributed by atoms with van der Waals surface area (Å²) in [7, 11) is 0. The molecule has 0 aliphatic heterocycles. The monoisotopic (exact) mass is 302 g/mol. The quantitative estimate of drug-likeness (QED) is 0.303. The summed E-state index contributed by atoms with van der Waals surface area (Å²) in [6, 6.07) is 12.0. The first-order valence-corrected chi connectivity index (χ1v) is 9.06. The molecule has 1 rings (SSSR count). The Morgan fingerprint density at radius 3 is 0.909 bits per heavy atom. The van der Waals surface area contributed by atoms with E-state index < -0.39 is 0 Å². The second kappa shape index (κ2) is 24.7. The van der Waals surface area contributed by atoms with Crippen LogP contribution in [0.1, 0.15) is 78.1 Å². The molecule has 0 aliphatic rings. The molecule has 0 nitrogen and oxygen atoms in total. The molecule has 0 saturated carbocycles. The van der Waals surface area contributed by atoms with Crippen LogP contribution in [0.4, 0.5) is 0 Å². The Kier molecular flexibility index (Phi) is 25.8. The number of allylic oxidation sites excluding steroid dienone is 2. The highest BCUT2D eigenvalue weighted by molar-refractivity contribution is 4.99. The Bertz CT molecular complexity index is 243. The summed E-state index contributed by atoms with van der Waals surface area (Å²) in [6.45, 7) is 11.3. The average molecular weight is 303 g/mol. The molecule has 0 aromatic heterocycles. The van der Waals surface area contributed by atoms with Gasteiger partial charge in [0.2, 0.25) is 0 Å². The van der Waals surface area contributed by atoms with Gasteiger partial charge in [-0.1, -0.05) is 140 Å². The Morgan fingerprint density at radius 2 is 0.727 bits per heavy atom. The third kappa shape index (κ3) is 27.1. The van der Waals surface area contributed by atoms with E-state index in [9.17, 15) is 0 Å². The molecule has 0 unspecified atom stereocenters. The van der Waals surface area contributed by atoms with E-state index >= 15 is 0 Å². The summed E-state index contributed by atoms with van der Waals surface area (Å²) < 4.78 is 0. The first-order valence-electron chi connectivity index (χ1n) is 9.06. The minimum Gasteiger partial charge on any atom is -0.0991 e. The lowest BCUT2D eigenvalue weighted by Crippen LogP contribution is -1.80. The van der Waals surface area contributed by atoms with Crippen LogP contribution in [-0.2, 0) is 0 Å². The standard InChI is InChI=1S/C12H26.C6H6.C4H6/c1-3-5-7-9-11-12-10-8-6-4-2;1-2-4-6-5-3-1;1-3-4-2/h3-12H2,1-2H3;1-6H;3-4H,1-2H2. The van der Waals surface area contributed by atoms with Gasteiger partial charge in [0.25, 0.3) is 0 Å². The van der Waals surface area contributed by atoms with Crippen molar-refractivity contribution in [2.75, 3.05) is 0 Å². The van der Waals surface area contributed by atoms with Crippen molar-refractivity contribution in [3.8, 4) is 0 Å². The fraction of sp³-hybridized carbons (Fsp3) is 0.545. The van der Waals surface area contributed by atoms with Crippen LogP contribution in [0.5, 0.6) is 0 Å². The van der Waals surface area contributed by atoms with Gasteiger partial charge in [-0.05, 0) is 0 Å². The smallest absolute Gasteiger partial charge is 0.0533 e. The van der Waals surface area contributed by atoms with Crippen molar-refractivity contribution < 1.29 is 0 Å². The first-order chi connectivity index (χ1) is 10.8. The third-order valence-corrected chi connectivity index (χ3v) is 3.29. The molecule has 0 heterocycles. The third-order valence-electron chi connectivity index (χ3n) is 3.29. The van der Waals surface area contributed by atoms with Crippen molar-refractivity contribution in [3.05, 3.63) is 61.7 Å². The van der Waals surface area contributed by atoms with Crippen LogP contribution in [0.15, 0.2) is 61.7 Å². The second-order valence-corrected chi connectivity index (χ2v) is 5.45. The zero-order chi connectivity index (χ0) is 16.7. The molecular weight excluding hydrogens is 264 g/mol. The maximum absolute atomic E-state index is 3.36. The van der Waals surface area contributed by atoms with E-state index in [0.29, 0.717) is 0 Å². The topological polar surface area (TPSA) is 0 Å². The molecule has 1 aromatic carbocycles. The highest BCUT2D eigenvalue weighted by atomic mass is 14.0. The Hall–Kier alpha value is -1.30. The number of hydrogen-bond acceptors (Lipinski definition) is 0. The van der Waals surface area contributed by atoms with Crippen molar-refractivity contribution >= 4 is 0 Å². The predicted octanol–water partition coefficient (Wildman–Crippen LogP) is 7.97. The fourth-order valence-corrected chi connectivity index (χ4v) is 1.95. The van der Waals surface area contributed by atoms with Gasteiger partial charge in [-0.25, -0.2) is 0 Å². The first kappa shape index (κ1) is 23.0. The van der Waals surface area contributed by atoms with Gasteiger partial charge >= 0.3 is 0 Å². The van der Waals surface area contributed by atoms with E-state index in [4.69, 9.17) is 0 Å². The highest BCUT2D eigenvalue weighted by Crippen LogP contribution is 2.09. The normalized spacial score (nSPS) is 8.82. The van der Waals surface area contributed by atoms with Crippen LogP contribution in [0.25, 0.3) is 0 Å². The molecule has 0 heteroatoms. The summed E-state index contributed by atoms with van der Waals surface area (Å²) in [4.78, 5) is 0. The van der Waals surface area contributed by atoms with Gasteiger partial charge in [-0.2, -0.15) is 0 Å². The van der Waals surface area contributed by atoms with E-state index in [1.54, 1.807) is 12.2 Å². The van der Waals surface area contributed by atoms with Crippen LogP contribution < -0.4 is 0 Å². The molecule has 0 bridgehead atoms. The molecule has 0 amide bonds. The van der Waals surface area contributed by atoms with Gasteiger partial charge in [0.05, 0.1) is 0 Å². The number of hydrogen-bond donors (Lipinski definition) is 0. The van der Waals surface area contributed by atoms with Gasteiger partial charge in [0, 0.05) is 0 Å². The van der Waals surface area contributed by atoms with Crippen molar-refractivity contribution in [3.63, 3.8) is 0 Å². The summed E-state index contributed by atoms with van der Waals surface area (Å²) >= 11 is 0. The van der Waals surface area contributed by atoms with Crippen molar-refractivity contribution in [1.82, 2.24) is 0 Å². The van der Waals surface area contributed by atoms with Crippen molar-refractivity contribution in [2.24, 2.45) is 0 Å². The molecule has 0 saturated heterocycles. The summed E-state index contributed by atoms with van der Waals surface area (Å²) in [5.74, 6) is 0. The maximum atomic E-state index is 3.36. The largest absolute Gasteiger partial charge is 0.0991 e. The Labute approximate surface area is 140 Å². The number of benzene rings is 1. The molecule has 0 fully saturated rings. The fourth-order valence-electron chi connectivity index (χ4n) is 1.95. The highest BCUT2D eigenvalue weighted by Gasteiger charge is 1.90. The molecule has 1 aromatic rings. The van der Waals surface area contributed by atoms with E-state index in [1.807, 2.05) is 36.4 Å². The van der Waals surface area contributed by atoms with Crippen molar-refractivity contribution in [2.45, 2.75) is 78.1 Å². The summed E-state index contributed by atoms with van der Waals surface area (Å²) in [5.41, 5.74) is 0. The zero-order valence-electron chi connectivity index (χ0n) is 15.1. The average Bonchev–Trinajstić information content (AvgIpc) is 2.60. The van der Waals surface area contributed by atoms with Gasteiger partial charge in [0.15, 0.2) is 0 Å². The molecule has 0 aliphatic carbocycles. The molecule has 22 heavy (non-hydrogen) atoms. The van der Waals surface area contributed by atoms with Crippen LogP contribution in [-0.4, -0.2) is 0 Å². The van der Waals surface area contributed by atoms with Gasteiger partial charge < -0.3 is 0 Å². The van der Waals surface area contributed by atoms with E-state index in [1.165, 1.54) is 64.2 Å².